The summed E-state index contributed by atoms with van der Waals surface area (Å²) in [4.78, 5) is 24.3. The second-order valence-corrected chi connectivity index (χ2v) is 9.93. The van der Waals surface area contributed by atoms with E-state index in [9.17, 15) is 14.7 Å². The zero-order valence-electron chi connectivity index (χ0n) is 20.4. The Hall–Kier alpha value is -4.30. The van der Waals surface area contributed by atoms with Crippen LogP contribution in [-0.2, 0) is 21.6 Å². The van der Waals surface area contributed by atoms with Crippen molar-refractivity contribution >= 4 is 29.4 Å². The molecule has 1 amide bonds. The van der Waals surface area contributed by atoms with Gasteiger partial charge in [0, 0.05) is 21.7 Å². The van der Waals surface area contributed by atoms with E-state index in [1.165, 1.54) is 6.20 Å². The number of anilines is 1. The summed E-state index contributed by atoms with van der Waals surface area (Å²) in [7, 11) is 0. The molecule has 3 aromatic carbocycles. The van der Waals surface area contributed by atoms with Crippen LogP contribution < -0.4 is 10.1 Å². The highest BCUT2D eigenvalue weighted by Gasteiger charge is 2.51. The number of carbonyl (C=O) groups excluding carboxylic acids is 1. The molecule has 1 unspecified atom stereocenters. The van der Waals surface area contributed by atoms with Crippen LogP contribution in [0, 0.1) is 0 Å². The lowest BCUT2D eigenvalue weighted by Crippen LogP contribution is -2.20. The highest BCUT2D eigenvalue weighted by Crippen LogP contribution is 2.50. The van der Waals surface area contributed by atoms with E-state index in [1.807, 2.05) is 48.5 Å². The molecule has 0 bridgehead atoms. The van der Waals surface area contributed by atoms with Crippen LogP contribution in [0.2, 0.25) is 5.02 Å². The Kier molecular flexibility index (Phi) is 5.84. The van der Waals surface area contributed by atoms with Gasteiger partial charge in [-0.1, -0.05) is 59.2 Å². The number of hydrogen-bond acceptors (Lipinski definition) is 6. The molecule has 9 heteroatoms. The van der Waals surface area contributed by atoms with E-state index < -0.39 is 23.6 Å². The molecule has 192 valence electrons. The summed E-state index contributed by atoms with van der Waals surface area (Å²) in [6.07, 6.45) is 1.49. The van der Waals surface area contributed by atoms with Crippen molar-refractivity contribution in [1.29, 1.82) is 0 Å². The van der Waals surface area contributed by atoms with Gasteiger partial charge in [-0.3, -0.25) is 10.1 Å². The third kappa shape index (κ3) is 4.16. The molecule has 6 rings (SSSR count). The highest BCUT2D eigenvalue weighted by atomic mass is 35.5. The quantitative estimate of drug-likeness (QED) is 0.276. The molecular formula is C29H23ClN2O6. The Morgan fingerprint density at radius 2 is 1.89 bits per heavy atom. The monoisotopic (exact) mass is 530 g/mol. The van der Waals surface area contributed by atoms with Crippen LogP contribution in [0.5, 0.6) is 5.75 Å². The Bertz CT molecular complexity index is 1580. The van der Waals surface area contributed by atoms with Crippen LogP contribution in [0.4, 0.5) is 10.5 Å². The lowest BCUT2D eigenvalue weighted by Gasteiger charge is -2.23. The summed E-state index contributed by atoms with van der Waals surface area (Å²) >= 11 is 6.21. The van der Waals surface area contributed by atoms with Crippen molar-refractivity contribution in [3.8, 4) is 28.2 Å². The molecule has 0 radical (unpaired) electrons. The molecule has 2 aliphatic rings. The first kappa shape index (κ1) is 24.1. The molecule has 2 N–H and O–H groups in total. The minimum absolute atomic E-state index is 0.323. The van der Waals surface area contributed by atoms with E-state index in [-0.39, 0.29) is 0 Å². The van der Waals surface area contributed by atoms with Crippen molar-refractivity contribution in [3.63, 3.8) is 0 Å². The van der Waals surface area contributed by atoms with E-state index in [0.717, 1.165) is 22.3 Å². The molecule has 1 aliphatic carbocycles. The molecule has 8 nitrogen and oxygen atoms in total. The van der Waals surface area contributed by atoms with Gasteiger partial charge in [-0.05, 0) is 54.7 Å². The Balaban J connectivity index is 1.21. The zero-order valence-corrected chi connectivity index (χ0v) is 21.1. The Morgan fingerprint density at radius 3 is 2.66 bits per heavy atom. The van der Waals surface area contributed by atoms with Gasteiger partial charge in [0.25, 0.3) is 0 Å². The van der Waals surface area contributed by atoms with Gasteiger partial charge in [0.1, 0.15) is 24.1 Å². The average Bonchev–Trinajstić information content (AvgIpc) is 3.61. The topological polar surface area (TPSA) is 111 Å². The van der Waals surface area contributed by atoms with E-state index >= 15 is 0 Å². The fraction of sp³-hybridized carbons (Fsp3) is 0.207. The Morgan fingerprint density at radius 1 is 1.11 bits per heavy atom. The van der Waals surface area contributed by atoms with Crippen molar-refractivity contribution in [2.75, 3.05) is 5.32 Å². The predicted molar refractivity (Wildman–Crippen MR) is 140 cm³/mol. The maximum atomic E-state index is 12.6. The number of rotatable bonds is 6. The van der Waals surface area contributed by atoms with Gasteiger partial charge in [0.05, 0.1) is 11.6 Å². The molecule has 2 heterocycles. The summed E-state index contributed by atoms with van der Waals surface area (Å²) in [6, 6.07) is 18.6. The van der Waals surface area contributed by atoms with Gasteiger partial charge >= 0.3 is 12.1 Å². The fourth-order valence-corrected chi connectivity index (χ4v) is 5.18. The summed E-state index contributed by atoms with van der Waals surface area (Å²) < 4.78 is 17.0. The minimum atomic E-state index is -0.780. The average molecular weight is 531 g/mol. The minimum Gasteiger partial charge on any atom is -0.488 e. The second kappa shape index (κ2) is 9.22. The van der Waals surface area contributed by atoms with Crippen LogP contribution in [0.3, 0.4) is 0 Å². The normalized spacial score (nSPS) is 15.4. The molecule has 1 atom stereocenters. The number of carbonyl (C=O) groups is 2. The first-order valence-electron chi connectivity index (χ1n) is 12.2. The van der Waals surface area contributed by atoms with Gasteiger partial charge in [-0.2, -0.15) is 0 Å². The number of benzene rings is 3. The number of nitrogens with zero attached hydrogens (tertiary/aromatic N) is 1. The number of amides is 1. The van der Waals surface area contributed by atoms with Crippen LogP contribution in [0.25, 0.3) is 22.5 Å². The van der Waals surface area contributed by atoms with Crippen LogP contribution in [0.1, 0.15) is 42.6 Å². The van der Waals surface area contributed by atoms with E-state index in [1.54, 1.807) is 19.1 Å². The number of ether oxygens (including phenoxy) is 2. The summed E-state index contributed by atoms with van der Waals surface area (Å²) in [6.45, 7) is 2.06. The summed E-state index contributed by atoms with van der Waals surface area (Å²) in [5.74, 6) is 0.231. The molecule has 1 fully saturated rings. The molecule has 0 spiro atoms. The number of carboxylic acids is 1. The largest absolute Gasteiger partial charge is 0.488 e. The van der Waals surface area contributed by atoms with Gasteiger partial charge in [0.2, 0.25) is 0 Å². The predicted octanol–water partition coefficient (Wildman–Crippen LogP) is 6.98. The summed E-state index contributed by atoms with van der Waals surface area (Å²) in [5.41, 5.74) is 4.61. The van der Waals surface area contributed by atoms with E-state index in [0.29, 0.717) is 52.8 Å². The van der Waals surface area contributed by atoms with Gasteiger partial charge in [-0.15, -0.1) is 0 Å². The Labute approximate surface area is 223 Å². The van der Waals surface area contributed by atoms with Crippen LogP contribution in [-0.4, -0.2) is 22.3 Å². The molecule has 1 saturated carbocycles. The number of aromatic nitrogens is 1. The number of hydrogen-bond donors (Lipinski definition) is 2. The van der Waals surface area contributed by atoms with Gasteiger partial charge in [0.15, 0.2) is 5.76 Å². The molecule has 38 heavy (non-hydrogen) atoms. The molecule has 1 aromatic heterocycles. The van der Waals surface area contributed by atoms with E-state index in [4.69, 9.17) is 25.6 Å². The standard InChI is InChI=1S/C29H23ClN2O6/c1-16(20-4-2-3-5-23(20)30)37-28(35)32-24-14-31-38-26(24)17-6-8-22-21-9-7-19(29(10-11-29)27(33)34)12-18(21)15-36-25(22)13-17/h2-9,12-14,16H,10-11,15H2,1H3,(H,32,35)(H,33,34). The van der Waals surface area contributed by atoms with Gasteiger partial charge in [-0.25, -0.2) is 4.79 Å². The number of fused-ring (bicyclic) bond motifs is 3. The SMILES string of the molecule is CC(OC(=O)Nc1cnoc1-c1ccc2c(c1)OCc1cc(C3(C(=O)O)CC3)ccc1-2)c1ccccc1Cl. The number of nitrogens with one attached hydrogen (secondary N) is 1. The summed E-state index contributed by atoms with van der Waals surface area (Å²) in [5, 5.41) is 16.7. The third-order valence-electron chi connectivity index (χ3n) is 7.17. The third-order valence-corrected chi connectivity index (χ3v) is 7.51. The molecule has 4 aromatic rings. The second-order valence-electron chi connectivity index (χ2n) is 9.52. The number of halogens is 1. The van der Waals surface area contributed by atoms with Crippen molar-refractivity contribution in [3.05, 3.63) is 88.6 Å². The number of aliphatic carboxylic acids is 1. The highest BCUT2D eigenvalue weighted by molar-refractivity contribution is 6.31. The maximum Gasteiger partial charge on any atom is 0.412 e. The molecular weight excluding hydrogens is 508 g/mol. The molecule has 1 aliphatic heterocycles. The fourth-order valence-electron chi connectivity index (χ4n) is 4.89. The van der Waals surface area contributed by atoms with Crippen molar-refractivity contribution in [2.45, 2.75) is 37.9 Å². The lowest BCUT2D eigenvalue weighted by atomic mass is 9.89. The maximum absolute atomic E-state index is 12.6. The lowest BCUT2D eigenvalue weighted by molar-refractivity contribution is -0.140. The smallest absolute Gasteiger partial charge is 0.412 e. The first-order chi connectivity index (χ1) is 18.4. The van der Waals surface area contributed by atoms with Crippen LogP contribution >= 0.6 is 11.6 Å². The van der Waals surface area contributed by atoms with Crippen molar-refractivity contribution < 1.29 is 28.7 Å². The number of carboxylic acid groups (broad SMARTS) is 1. The van der Waals surface area contributed by atoms with E-state index in [2.05, 4.69) is 10.5 Å². The van der Waals surface area contributed by atoms with Gasteiger partial charge < -0.3 is 19.1 Å². The van der Waals surface area contributed by atoms with Crippen molar-refractivity contribution in [2.24, 2.45) is 0 Å². The van der Waals surface area contributed by atoms with Crippen LogP contribution in [0.15, 0.2) is 71.4 Å². The molecule has 0 saturated heterocycles. The zero-order chi connectivity index (χ0) is 26.4. The van der Waals surface area contributed by atoms with Crippen molar-refractivity contribution in [1.82, 2.24) is 5.16 Å². The first-order valence-corrected chi connectivity index (χ1v) is 12.5.